The van der Waals surface area contributed by atoms with Gasteiger partial charge in [-0.25, -0.2) is 13.8 Å². The molecule has 1 N–H and O–H groups in total. The maximum atomic E-state index is 12.8. The summed E-state index contributed by atoms with van der Waals surface area (Å²) in [5, 5.41) is 3.16. The van der Waals surface area contributed by atoms with Gasteiger partial charge in [-0.3, -0.25) is 4.79 Å². The Balaban J connectivity index is 0.00000288. The molecule has 0 spiro atoms. The zero-order valence-electron chi connectivity index (χ0n) is 12.8. The van der Waals surface area contributed by atoms with Crippen LogP contribution in [0.1, 0.15) is 17.3 Å². The van der Waals surface area contributed by atoms with Gasteiger partial charge in [-0.2, -0.15) is 8.78 Å². The highest BCUT2D eigenvalue weighted by Crippen LogP contribution is 2.23. The molecule has 136 valence electrons. The van der Waals surface area contributed by atoms with E-state index >= 15 is 0 Å². The predicted molar refractivity (Wildman–Crippen MR) is 81.3 cm³/mol. The van der Waals surface area contributed by atoms with Crippen molar-refractivity contribution in [2.75, 3.05) is 26.2 Å². The van der Waals surface area contributed by atoms with Crippen molar-refractivity contribution in [2.45, 2.75) is 25.3 Å². The molecule has 1 aromatic heterocycles. The van der Waals surface area contributed by atoms with Crippen molar-refractivity contribution >= 4 is 18.3 Å². The molecule has 2 heterocycles. The maximum Gasteiger partial charge on any atom is 0.340 e. The summed E-state index contributed by atoms with van der Waals surface area (Å²) in [5.74, 6) is -4.71. The third kappa shape index (κ3) is 4.94. The van der Waals surface area contributed by atoms with Crippen LogP contribution in [-0.2, 0) is 0 Å². The van der Waals surface area contributed by atoms with Crippen LogP contribution in [0.3, 0.4) is 0 Å². The highest BCUT2D eigenvalue weighted by molar-refractivity contribution is 5.94. The van der Waals surface area contributed by atoms with Crippen LogP contribution in [0, 0.1) is 0 Å². The number of nitrogens with one attached hydrogen (secondary N) is 1. The molecule has 1 amide bonds. The third-order valence-electron chi connectivity index (χ3n) is 3.48. The molecule has 1 aromatic rings. The average molecular weight is 372 g/mol. The fourth-order valence-electron chi connectivity index (χ4n) is 2.13. The van der Waals surface area contributed by atoms with E-state index < -0.39 is 19.0 Å². The molecule has 0 unspecified atom stereocenters. The Labute approximate surface area is 142 Å². The number of rotatable bonds is 5. The molecule has 0 bridgehead atoms. The van der Waals surface area contributed by atoms with E-state index in [1.165, 1.54) is 18.3 Å². The number of ether oxygens (including phenoxy) is 1. The van der Waals surface area contributed by atoms with Crippen molar-refractivity contribution in [1.29, 1.82) is 0 Å². The number of amides is 1. The van der Waals surface area contributed by atoms with E-state index in [0.29, 0.717) is 19.6 Å². The molecule has 2 rings (SSSR count). The van der Waals surface area contributed by atoms with E-state index in [0.717, 1.165) is 0 Å². The Morgan fingerprint density at radius 2 is 2.21 bits per heavy atom. The minimum Gasteiger partial charge on any atom is -0.471 e. The van der Waals surface area contributed by atoms with Gasteiger partial charge in [-0.05, 0) is 13.0 Å². The van der Waals surface area contributed by atoms with Crippen LogP contribution >= 0.6 is 12.4 Å². The summed E-state index contributed by atoms with van der Waals surface area (Å²) in [6.07, 6.45) is -2.62. The van der Waals surface area contributed by atoms with Gasteiger partial charge in [-0.1, -0.05) is 0 Å². The molecule has 0 aromatic carbocycles. The van der Waals surface area contributed by atoms with Crippen LogP contribution < -0.4 is 10.1 Å². The Kier molecular flexibility index (Phi) is 7.22. The van der Waals surface area contributed by atoms with Crippen molar-refractivity contribution in [3.63, 3.8) is 0 Å². The number of carbonyl (C=O) groups is 1. The van der Waals surface area contributed by atoms with Gasteiger partial charge in [0.15, 0.2) is 6.61 Å². The topological polar surface area (TPSA) is 54.5 Å². The first-order chi connectivity index (χ1) is 10.8. The summed E-state index contributed by atoms with van der Waals surface area (Å²) in [6.45, 7) is 2.36. The lowest BCUT2D eigenvalue weighted by Crippen LogP contribution is -2.52. The first-order valence-corrected chi connectivity index (χ1v) is 7.08. The molecule has 1 aliphatic heterocycles. The van der Waals surface area contributed by atoms with Crippen LogP contribution in [0.25, 0.3) is 0 Å². The molecule has 0 saturated carbocycles. The Morgan fingerprint density at radius 3 is 2.75 bits per heavy atom. The van der Waals surface area contributed by atoms with Crippen molar-refractivity contribution in [1.82, 2.24) is 15.2 Å². The third-order valence-corrected chi connectivity index (χ3v) is 3.48. The minimum absolute atomic E-state index is 0. The molecule has 0 radical (unpaired) electrons. The Hall–Kier alpha value is -1.61. The number of halogens is 5. The standard InChI is InChI=1S/C14H17F4N3O2.ClH/c1-9-6-19-4-5-21(9)12(22)10-2-3-11(20-7-10)23-8-14(17,18)13(15)16;/h2-3,7,9,13,19H,4-6,8H2,1H3;1H/t9-;/m0./s1. The van der Waals surface area contributed by atoms with E-state index in [9.17, 15) is 22.4 Å². The van der Waals surface area contributed by atoms with Gasteiger partial charge < -0.3 is 15.0 Å². The molecular formula is C14H18ClF4N3O2. The van der Waals surface area contributed by atoms with Gasteiger partial charge in [-0.15, -0.1) is 12.4 Å². The largest absolute Gasteiger partial charge is 0.471 e. The quantitative estimate of drug-likeness (QED) is 0.806. The average Bonchev–Trinajstić information content (AvgIpc) is 2.53. The second-order valence-electron chi connectivity index (χ2n) is 5.29. The monoisotopic (exact) mass is 371 g/mol. The summed E-state index contributed by atoms with van der Waals surface area (Å²) in [5.41, 5.74) is 0.284. The molecule has 5 nitrogen and oxygen atoms in total. The van der Waals surface area contributed by atoms with E-state index in [-0.39, 0.29) is 35.8 Å². The molecule has 1 atom stereocenters. The summed E-state index contributed by atoms with van der Waals surface area (Å²) in [6, 6.07) is 2.61. The lowest BCUT2D eigenvalue weighted by atomic mass is 10.1. The van der Waals surface area contributed by atoms with Crippen LogP contribution in [0.5, 0.6) is 5.88 Å². The van der Waals surface area contributed by atoms with E-state index in [1.54, 1.807) is 4.90 Å². The summed E-state index contributed by atoms with van der Waals surface area (Å²) in [4.78, 5) is 17.7. The summed E-state index contributed by atoms with van der Waals surface area (Å²) >= 11 is 0. The molecule has 10 heteroatoms. The molecule has 1 saturated heterocycles. The highest BCUT2D eigenvalue weighted by atomic mass is 35.5. The number of alkyl halides is 4. The van der Waals surface area contributed by atoms with Crippen molar-refractivity contribution in [2.24, 2.45) is 0 Å². The number of piperazine rings is 1. The Bertz CT molecular complexity index is 545. The fourth-order valence-corrected chi connectivity index (χ4v) is 2.13. The van der Waals surface area contributed by atoms with Crippen LogP contribution in [0.15, 0.2) is 18.3 Å². The zero-order valence-corrected chi connectivity index (χ0v) is 13.7. The van der Waals surface area contributed by atoms with Gasteiger partial charge in [0.25, 0.3) is 5.91 Å². The SMILES string of the molecule is C[C@H]1CNCCN1C(=O)c1ccc(OCC(F)(F)C(F)F)nc1.Cl. The minimum atomic E-state index is -4.24. The van der Waals surface area contributed by atoms with Crippen LogP contribution in [-0.4, -0.2) is 60.4 Å². The first-order valence-electron chi connectivity index (χ1n) is 7.08. The number of carbonyl (C=O) groups excluding carboxylic acids is 1. The second kappa shape index (κ2) is 8.48. The zero-order chi connectivity index (χ0) is 17.0. The normalized spacial score (nSPS) is 18.2. The number of pyridine rings is 1. The van der Waals surface area contributed by atoms with Crippen molar-refractivity contribution in [3.8, 4) is 5.88 Å². The molecule has 1 aliphatic rings. The number of nitrogens with zero attached hydrogens (tertiary/aromatic N) is 2. The maximum absolute atomic E-state index is 12.8. The van der Waals surface area contributed by atoms with E-state index in [2.05, 4.69) is 15.0 Å². The fraction of sp³-hybridized carbons (Fsp3) is 0.571. The molecular weight excluding hydrogens is 354 g/mol. The van der Waals surface area contributed by atoms with Gasteiger partial charge in [0.2, 0.25) is 5.88 Å². The summed E-state index contributed by atoms with van der Waals surface area (Å²) < 4.78 is 54.1. The number of hydrogen-bond donors (Lipinski definition) is 1. The van der Waals surface area contributed by atoms with Crippen molar-refractivity contribution in [3.05, 3.63) is 23.9 Å². The van der Waals surface area contributed by atoms with Gasteiger partial charge in [0.1, 0.15) is 0 Å². The molecule has 1 fully saturated rings. The lowest BCUT2D eigenvalue weighted by molar-refractivity contribution is -0.148. The van der Waals surface area contributed by atoms with E-state index in [4.69, 9.17) is 0 Å². The van der Waals surface area contributed by atoms with Gasteiger partial charge in [0.05, 0.1) is 5.56 Å². The first kappa shape index (κ1) is 20.4. The highest BCUT2D eigenvalue weighted by Gasteiger charge is 2.41. The lowest BCUT2D eigenvalue weighted by Gasteiger charge is -2.33. The second-order valence-corrected chi connectivity index (χ2v) is 5.29. The number of hydrogen-bond acceptors (Lipinski definition) is 4. The Morgan fingerprint density at radius 1 is 1.50 bits per heavy atom. The molecule has 0 aliphatic carbocycles. The number of aromatic nitrogens is 1. The smallest absolute Gasteiger partial charge is 0.340 e. The van der Waals surface area contributed by atoms with E-state index in [1.807, 2.05) is 6.92 Å². The van der Waals surface area contributed by atoms with Crippen LogP contribution in [0.2, 0.25) is 0 Å². The molecule has 24 heavy (non-hydrogen) atoms. The van der Waals surface area contributed by atoms with Crippen molar-refractivity contribution < 1.29 is 27.1 Å². The summed E-state index contributed by atoms with van der Waals surface area (Å²) in [7, 11) is 0. The predicted octanol–water partition coefficient (Wildman–Crippen LogP) is 2.22. The van der Waals surface area contributed by atoms with Gasteiger partial charge >= 0.3 is 12.3 Å². The van der Waals surface area contributed by atoms with Gasteiger partial charge in [0, 0.05) is 37.9 Å². The van der Waals surface area contributed by atoms with Crippen LogP contribution in [0.4, 0.5) is 17.6 Å².